The van der Waals surface area contributed by atoms with Crippen LogP contribution in [0, 0.1) is 10.1 Å². The van der Waals surface area contributed by atoms with Crippen molar-refractivity contribution in [1.29, 1.82) is 0 Å². The zero-order valence-electron chi connectivity index (χ0n) is 19.6. The Kier molecular flexibility index (Phi) is 5.27. The number of anilines is 2. The molecule has 6 rings (SSSR count). The Bertz CT molecular complexity index is 1550. The number of carbonyl (C=O) groups is 1. The van der Waals surface area contributed by atoms with Gasteiger partial charge in [0.15, 0.2) is 12.4 Å². The monoisotopic (exact) mass is 496 g/mol. The number of hydrogen-bond acceptors (Lipinski definition) is 8. The van der Waals surface area contributed by atoms with E-state index in [0.717, 1.165) is 5.56 Å². The second kappa shape index (κ2) is 8.65. The lowest BCUT2D eigenvalue weighted by Gasteiger charge is -2.36. The Morgan fingerprint density at radius 1 is 0.892 bits per heavy atom. The topological polar surface area (TPSA) is 109 Å². The third kappa shape index (κ3) is 3.64. The maximum atomic E-state index is 13.0. The molecule has 9 nitrogen and oxygen atoms in total. The van der Waals surface area contributed by atoms with Crippen molar-refractivity contribution in [2.45, 2.75) is 5.60 Å². The first-order valence-electron chi connectivity index (χ1n) is 11.4. The molecule has 0 aliphatic carbocycles. The summed E-state index contributed by atoms with van der Waals surface area (Å²) in [6, 6.07) is 24.3. The molecule has 1 N–H and O–H groups in total. The summed E-state index contributed by atoms with van der Waals surface area (Å²) in [6.45, 7) is 0.0711. The van der Waals surface area contributed by atoms with Crippen LogP contribution < -0.4 is 14.8 Å². The lowest BCUT2D eigenvalue weighted by Crippen LogP contribution is -2.33. The van der Waals surface area contributed by atoms with Crippen LogP contribution in [0.4, 0.5) is 17.1 Å². The second-order valence-electron chi connectivity index (χ2n) is 8.57. The van der Waals surface area contributed by atoms with E-state index in [4.69, 9.17) is 18.9 Å². The molecular formula is C28H20N2O7. The molecule has 2 heterocycles. The number of rotatable bonds is 6. The summed E-state index contributed by atoms with van der Waals surface area (Å²) in [5.74, 6) is 1.10. The lowest BCUT2D eigenvalue weighted by molar-refractivity contribution is -0.384. The Morgan fingerprint density at radius 2 is 1.59 bits per heavy atom. The average Bonchev–Trinajstić information content (AvgIpc) is 3.20. The van der Waals surface area contributed by atoms with Crippen LogP contribution in [0.3, 0.4) is 0 Å². The van der Waals surface area contributed by atoms with Crippen LogP contribution in [-0.4, -0.2) is 24.8 Å². The second-order valence-corrected chi connectivity index (χ2v) is 8.57. The first kappa shape index (κ1) is 22.6. The van der Waals surface area contributed by atoms with Gasteiger partial charge in [0.05, 0.1) is 10.5 Å². The highest BCUT2D eigenvalue weighted by atomic mass is 16.7. The van der Waals surface area contributed by atoms with Crippen molar-refractivity contribution in [2.75, 3.05) is 19.2 Å². The Morgan fingerprint density at radius 3 is 2.35 bits per heavy atom. The third-order valence-corrected chi connectivity index (χ3v) is 6.40. The van der Waals surface area contributed by atoms with Gasteiger partial charge in [0.25, 0.3) is 5.69 Å². The van der Waals surface area contributed by atoms with E-state index in [2.05, 4.69) is 5.32 Å². The molecule has 1 spiro atoms. The molecular weight excluding hydrogens is 476 g/mol. The van der Waals surface area contributed by atoms with Crippen molar-refractivity contribution in [3.05, 3.63) is 117 Å². The van der Waals surface area contributed by atoms with Gasteiger partial charge < -0.3 is 24.3 Å². The molecule has 0 fully saturated rings. The molecule has 37 heavy (non-hydrogen) atoms. The van der Waals surface area contributed by atoms with Crippen molar-refractivity contribution in [2.24, 2.45) is 0 Å². The van der Waals surface area contributed by atoms with E-state index in [0.29, 0.717) is 45.3 Å². The number of nitrogens with zero attached hydrogens (tertiary/aromatic N) is 1. The van der Waals surface area contributed by atoms with Crippen molar-refractivity contribution in [3.63, 3.8) is 0 Å². The summed E-state index contributed by atoms with van der Waals surface area (Å²) in [5, 5.41) is 14.2. The van der Waals surface area contributed by atoms with Gasteiger partial charge in [-0.05, 0) is 42.5 Å². The van der Waals surface area contributed by atoms with E-state index in [9.17, 15) is 14.9 Å². The van der Waals surface area contributed by atoms with E-state index in [1.807, 2.05) is 30.3 Å². The normalized spacial score (nSPS) is 16.7. The van der Waals surface area contributed by atoms with Gasteiger partial charge >= 0.3 is 5.97 Å². The molecule has 4 aromatic carbocycles. The largest absolute Gasteiger partial charge is 0.467 e. The number of methoxy groups -OCH3 is 1. The van der Waals surface area contributed by atoms with Crippen LogP contribution in [0.25, 0.3) is 0 Å². The minimum Gasteiger partial charge on any atom is -0.467 e. The zero-order valence-corrected chi connectivity index (χ0v) is 19.6. The first-order valence-corrected chi connectivity index (χ1v) is 11.4. The van der Waals surface area contributed by atoms with Gasteiger partial charge in [-0.1, -0.05) is 18.2 Å². The van der Waals surface area contributed by atoms with Crippen molar-refractivity contribution in [1.82, 2.24) is 0 Å². The van der Waals surface area contributed by atoms with Crippen LogP contribution in [0.15, 0.2) is 84.9 Å². The summed E-state index contributed by atoms with van der Waals surface area (Å²) in [4.78, 5) is 23.5. The number of hydrogen-bond donors (Lipinski definition) is 1. The number of nitrogens with one attached hydrogen (secondary N) is 1. The van der Waals surface area contributed by atoms with Crippen LogP contribution >= 0.6 is 0 Å². The maximum Gasteiger partial charge on any atom is 0.340 e. The highest BCUT2D eigenvalue weighted by Crippen LogP contribution is 2.56. The van der Waals surface area contributed by atoms with Crippen molar-refractivity contribution in [3.8, 4) is 17.2 Å². The minimum atomic E-state index is -1.19. The highest BCUT2D eigenvalue weighted by Gasteiger charge is 2.53. The third-order valence-electron chi connectivity index (χ3n) is 6.40. The number of benzene rings is 4. The molecule has 4 aromatic rings. The van der Waals surface area contributed by atoms with Gasteiger partial charge in [-0.15, -0.1) is 0 Å². The minimum absolute atomic E-state index is 0.00563. The summed E-state index contributed by atoms with van der Waals surface area (Å²) in [5.41, 5.74) is 2.76. The highest BCUT2D eigenvalue weighted by molar-refractivity contribution is 5.97. The van der Waals surface area contributed by atoms with Gasteiger partial charge in [-0.2, -0.15) is 0 Å². The van der Waals surface area contributed by atoms with E-state index >= 15 is 0 Å². The fourth-order valence-corrected chi connectivity index (χ4v) is 4.78. The van der Waals surface area contributed by atoms with Gasteiger partial charge in [-0.3, -0.25) is 10.1 Å². The molecule has 9 heteroatoms. The van der Waals surface area contributed by atoms with Gasteiger partial charge in [-0.25, -0.2) is 4.79 Å². The molecule has 184 valence electrons. The number of nitro benzene ring substituents is 1. The molecule has 0 amide bonds. The Labute approximate surface area is 211 Å². The quantitative estimate of drug-likeness (QED) is 0.152. The van der Waals surface area contributed by atoms with Crippen molar-refractivity contribution < 1.29 is 28.7 Å². The average molecular weight is 496 g/mol. The molecule has 0 bridgehead atoms. The Balaban J connectivity index is 1.46. The summed E-state index contributed by atoms with van der Waals surface area (Å²) >= 11 is 0. The van der Waals surface area contributed by atoms with Gasteiger partial charge in [0.2, 0.25) is 0 Å². The van der Waals surface area contributed by atoms with Gasteiger partial charge in [0.1, 0.15) is 17.2 Å². The van der Waals surface area contributed by atoms with Crippen molar-refractivity contribution >= 4 is 23.0 Å². The van der Waals surface area contributed by atoms with E-state index in [1.165, 1.54) is 19.2 Å². The molecule has 1 atom stereocenters. The maximum absolute atomic E-state index is 13.0. The summed E-state index contributed by atoms with van der Waals surface area (Å²) < 4.78 is 23.1. The number of esters is 1. The number of non-ortho nitro benzene ring substituents is 1. The lowest BCUT2D eigenvalue weighted by atomic mass is 9.77. The molecule has 2 aliphatic heterocycles. The van der Waals surface area contributed by atoms with Gasteiger partial charge in [0, 0.05) is 59.4 Å². The Hall–Kier alpha value is -4.89. The molecule has 1 unspecified atom stereocenters. The van der Waals surface area contributed by atoms with Crippen LogP contribution in [0.2, 0.25) is 0 Å². The molecule has 0 saturated carbocycles. The van der Waals surface area contributed by atoms with Crippen LogP contribution in [0.5, 0.6) is 17.2 Å². The van der Waals surface area contributed by atoms with E-state index < -0.39 is 16.5 Å². The fourth-order valence-electron chi connectivity index (χ4n) is 4.78. The number of nitro groups is 1. The summed E-state index contributed by atoms with van der Waals surface area (Å²) in [6.07, 6.45) is 0. The van der Waals surface area contributed by atoms with Crippen LogP contribution in [-0.2, 0) is 15.1 Å². The number of ether oxygens (including phenoxy) is 4. The molecule has 0 radical (unpaired) electrons. The predicted molar refractivity (Wildman–Crippen MR) is 134 cm³/mol. The smallest absolute Gasteiger partial charge is 0.340 e. The van der Waals surface area contributed by atoms with Crippen LogP contribution in [0.1, 0.15) is 27.0 Å². The molecule has 2 aliphatic rings. The fraction of sp³-hybridized carbons (Fsp3) is 0.107. The van der Waals surface area contributed by atoms with E-state index in [1.54, 1.807) is 42.5 Å². The predicted octanol–water partition coefficient (Wildman–Crippen LogP) is 5.89. The number of fused-ring (bicyclic) bond motifs is 6. The first-order chi connectivity index (χ1) is 18.0. The van der Waals surface area contributed by atoms with E-state index in [-0.39, 0.29) is 12.5 Å². The molecule has 0 saturated heterocycles. The standard InChI is InChI=1S/C28H20N2O7/c1-34-16-35-20-11-13-24-26(15-20)36-25-14-18(29-17-6-9-19(10-7-17)30(32)33)8-12-23(25)28(24)22-5-3-2-4-21(22)27(31)37-28/h2-15,29H,16H2,1H3. The molecule has 0 aromatic heterocycles. The number of carbonyl (C=O) groups excluding carboxylic acids is 1. The SMILES string of the molecule is COCOc1ccc2c(c1)Oc1cc(Nc3ccc([N+](=O)[O-])cc3)ccc1C21OC(=O)c2ccccc21. The zero-order chi connectivity index (χ0) is 25.6. The summed E-state index contributed by atoms with van der Waals surface area (Å²) in [7, 11) is 1.54.